The molecule has 0 amide bonds. The standard InChI is InChI=1S/C25H40ClN5.HI/c1-5-27-25(29-23-11-14-31(15-12-23)18-19(2)3)28-17-21-9-7-13-30(4)24(21)20-8-6-10-22(26)16-20;/h6,8,10,16,21,23-24H,2,5,7,9,11-15,17-18H2,1,3-4H3,(H2,27,28,29);1H. The smallest absolute Gasteiger partial charge is 0.191 e. The fourth-order valence-electron chi connectivity index (χ4n) is 5.01. The van der Waals surface area contributed by atoms with Gasteiger partial charge < -0.3 is 10.6 Å². The SMILES string of the molecule is C=C(C)CN1CCC(NC(=NCC2CCCN(C)C2c2cccc(Cl)c2)NCC)CC1.I. The van der Waals surface area contributed by atoms with Gasteiger partial charge in [-0.25, -0.2) is 0 Å². The van der Waals surface area contributed by atoms with Gasteiger partial charge in [-0.05, 0) is 76.7 Å². The molecule has 32 heavy (non-hydrogen) atoms. The van der Waals surface area contributed by atoms with E-state index in [1.165, 1.54) is 24.0 Å². The lowest BCUT2D eigenvalue weighted by Crippen LogP contribution is -2.49. The van der Waals surface area contributed by atoms with Gasteiger partial charge in [-0.15, -0.1) is 24.0 Å². The molecule has 2 fully saturated rings. The van der Waals surface area contributed by atoms with Gasteiger partial charge in [0.2, 0.25) is 0 Å². The number of rotatable bonds is 7. The monoisotopic (exact) mass is 573 g/mol. The number of guanidine groups is 1. The summed E-state index contributed by atoms with van der Waals surface area (Å²) in [7, 11) is 2.23. The molecule has 0 aromatic heterocycles. The molecule has 180 valence electrons. The lowest BCUT2D eigenvalue weighted by molar-refractivity contribution is 0.125. The van der Waals surface area contributed by atoms with Crippen molar-refractivity contribution in [3.63, 3.8) is 0 Å². The van der Waals surface area contributed by atoms with Crippen LogP contribution in [-0.4, -0.2) is 68.1 Å². The molecule has 2 heterocycles. The first kappa shape index (κ1) is 27.4. The van der Waals surface area contributed by atoms with E-state index in [0.29, 0.717) is 18.0 Å². The summed E-state index contributed by atoms with van der Waals surface area (Å²) in [4.78, 5) is 10.0. The normalized spacial score (nSPS) is 23.4. The minimum Gasteiger partial charge on any atom is -0.357 e. The summed E-state index contributed by atoms with van der Waals surface area (Å²) < 4.78 is 0. The molecule has 0 saturated carbocycles. The van der Waals surface area contributed by atoms with Gasteiger partial charge in [0.25, 0.3) is 0 Å². The van der Waals surface area contributed by atoms with Crippen molar-refractivity contribution in [2.75, 3.05) is 46.3 Å². The van der Waals surface area contributed by atoms with Crippen molar-refractivity contribution in [1.82, 2.24) is 20.4 Å². The van der Waals surface area contributed by atoms with Gasteiger partial charge in [0.15, 0.2) is 5.96 Å². The molecule has 2 atom stereocenters. The lowest BCUT2D eigenvalue weighted by Gasteiger charge is -2.39. The van der Waals surface area contributed by atoms with E-state index >= 15 is 0 Å². The second kappa shape index (κ2) is 13.8. The second-order valence-corrected chi connectivity index (χ2v) is 9.69. The number of likely N-dealkylation sites (tertiary alicyclic amines) is 2. The maximum absolute atomic E-state index is 6.30. The Morgan fingerprint density at radius 3 is 2.62 bits per heavy atom. The molecule has 0 aliphatic carbocycles. The molecule has 2 saturated heterocycles. The zero-order chi connectivity index (χ0) is 22.2. The molecule has 3 rings (SSSR count). The predicted molar refractivity (Wildman–Crippen MR) is 148 cm³/mol. The van der Waals surface area contributed by atoms with Gasteiger partial charge in [-0.2, -0.15) is 0 Å². The summed E-state index contributed by atoms with van der Waals surface area (Å²) in [6, 6.07) is 9.19. The van der Waals surface area contributed by atoms with E-state index in [1.54, 1.807) is 0 Å². The van der Waals surface area contributed by atoms with Gasteiger partial charge >= 0.3 is 0 Å². The Kier molecular flexibility index (Phi) is 11.8. The van der Waals surface area contributed by atoms with Crippen LogP contribution in [0.2, 0.25) is 5.02 Å². The first-order chi connectivity index (χ1) is 15.0. The Morgan fingerprint density at radius 2 is 1.97 bits per heavy atom. The van der Waals surface area contributed by atoms with E-state index in [2.05, 4.69) is 66.1 Å². The third-order valence-corrected chi connectivity index (χ3v) is 6.68. The molecule has 2 aliphatic heterocycles. The van der Waals surface area contributed by atoms with E-state index in [4.69, 9.17) is 16.6 Å². The van der Waals surface area contributed by atoms with E-state index in [9.17, 15) is 0 Å². The van der Waals surface area contributed by atoms with Gasteiger partial charge in [0.05, 0.1) is 0 Å². The zero-order valence-electron chi connectivity index (χ0n) is 19.9. The maximum atomic E-state index is 6.30. The van der Waals surface area contributed by atoms with Crippen LogP contribution in [0.1, 0.15) is 51.1 Å². The number of nitrogens with zero attached hydrogens (tertiary/aromatic N) is 3. The Balaban J connectivity index is 0.00000363. The third-order valence-electron chi connectivity index (χ3n) is 6.45. The average molecular weight is 574 g/mol. The van der Waals surface area contributed by atoms with Crippen molar-refractivity contribution in [1.29, 1.82) is 0 Å². The minimum absolute atomic E-state index is 0. The quantitative estimate of drug-likeness (QED) is 0.210. The van der Waals surface area contributed by atoms with Gasteiger partial charge in [-0.3, -0.25) is 14.8 Å². The van der Waals surface area contributed by atoms with Crippen LogP contribution in [0.4, 0.5) is 0 Å². The number of hydrogen-bond donors (Lipinski definition) is 2. The van der Waals surface area contributed by atoms with Crippen molar-refractivity contribution in [2.45, 2.75) is 51.6 Å². The van der Waals surface area contributed by atoms with Crippen molar-refractivity contribution in [2.24, 2.45) is 10.9 Å². The fraction of sp³-hybridized carbons (Fsp3) is 0.640. The van der Waals surface area contributed by atoms with Crippen molar-refractivity contribution in [3.8, 4) is 0 Å². The average Bonchev–Trinajstić information content (AvgIpc) is 2.73. The summed E-state index contributed by atoms with van der Waals surface area (Å²) in [5.74, 6) is 1.45. The Morgan fingerprint density at radius 1 is 1.22 bits per heavy atom. The van der Waals surface area contributed by atoms with Crippen LogP contribution in [0.25, 0.3) is 0 Å². The van der Waals surface area contributed by atoms with Crippen LogP contribution >= 0.6 is 35.6 Å². The van der Waals surface area contributed by atoms with Gasteiger partial charge in [0.1, 0.15) is 0 Å². The second-order valence-electron chi connectivity index (χ2n) is 9.25. The van der Waals surface area contributed by atoms with Crippen molar-refractivity contribution < 1.29 is 0 Å². The first-order valence-corrected chi connectivity index (χ1v) is 12.2. The van der Waals surface area contributed by atoms with E-state index in [-0.39, 0.29) is 24.0 Å². The summed E-state index contributed by atoms with van der Waals surface area (Å²) in [5.41, 5.74) is 2.55. The highest BCUT2D eigenvalue weighted by Crippen LogP contribution is 2.36. The van der Waals surface area contributed by atoms with Crippen LogP contribution in [-0.2, 0) is 0 Å². The van der Waals surface area contributed by atoms with E-state index in [0.717, 1.165) is 63.1 Å². The summed E-state index contributed by atoms with van der Waals surface area (Å²) in [6.07, 6.45) is 4.71. The largest absolute Gasteiger partial charge is 0.357 e. The molecule has 7 heteroatoms. The summed E-state index contributed by atoms with van der Waals surface area (Å²) >= 11 is 6.30. The molecule has 0 radical (unpaired) electrons. The molecular formula is C25H41ClIN5. The van der Waals surface area contributed by atoms with Gasteiger partial charge in [0, 0.05) is 49.8 Å². The molecular weight excluding hydrogens is 533 g/mol. The number of hydrogen-bond acceptors (Lipinski definition) is 3. The molecule has 1 aromatic rings. The molecule has 0 bridgehead atoms. The third kappa shape index (κ3) is 8.19. The predicted octanol–water partition coefficient (Wildman–Crippen LogP) is 4.94. The van der Waals surface area contributed by atoms with Crippen LogP contribution in [0.5, 0.6) is 0 Å². The molecule has 1 aromatic carbocycles. The molecule has 2 N–H and O–H groups in total. The van der Waals surface area contributed by atoms with Crippen LogP contribution < -0.4 is 10.6 Å². The van der Waals surface area contributed by atoms with Crippen molar-refractivity contribution >= 4 is 41.5 Å². The fourth-order valence-corrected chi connectivity index (χ4v) is 5.21. The summed E-state index contributed by atoms with van der Waals surface area (Å²) in [5, 5.41) is 7.98. The zero-order valence-corrected chi connectivity index (χ0v) is 23.0. The van der Waals surface area contributed by atoms with Crippen LogP contribution in [0.15, 0.2) is 41.4 Å². The highest BCUT2D eigenvalue weighted by molar-refractivity contribution is 14.0. The van der Waals surface area contributed by atoms with Crippen LogP contribution in [0, 0.1) is 5.92 Å². The number of benzene rings is 1. The first-order valence-electron chi connectivity index (χ1n) is 11.8. The molecule has 2 unspecified atom stereocenters. The molecule has 0 spiro atoms. The lowest BCUT2D eigenvalue weighted by atomic mass is 9.85. The highest BCUT2D eigenvalue weighted by atomic mass is 127. The minimum atomic E-state index is 0. The Hall–Kier alpha value is -0.830. The molecule has 2 aliphatic rings. The van der Waals surface area contributed by atoms with E-state index in [1.807, 2.05) is 6.07 Å². The Bertz CT molecular complexity index is 748. The maximum Gasteiger partial charge on any atom is 0.191 e. The Labute approximate surface area is 217 Å². The summed E-state index contributed by atoms with van der Waals surface area (Å²) in [6.45, 7) is 14.4. The number of halogens is 2. The number of nitrogens with one attached hydrogen (secondary N) is 2. The number of aliphatic imine (C=N–C) groups is 1. The van der Waals surface area contributed by atoms with E-state index < -0.39 is 0 Å². The van der Waals surface area contributed by atoms with Crippen LogP contribution in [0.3, 0.4) is 0 Å². The highest BCUT2D eigenvalue weighted by Gasteiger charge is 2.30. The molecule has 5 nitrogen and oxygen atoms in total. The topological polar surface area (TPSA) is 42.9 Å². The number of piperidine rings is 2. The van der Waals surface area contributed by atoms with Crippen molar-refractivity contribution in [3.05, 3.63) is 47.0 Å². The van der Waals surface area contributed by atoms with Gasteiger partial charge in [-0.1, -0.05) is 35.9 Å².